The number of hydrogen-bond acceptors (Lipinski definition) is 3. The van der Waals surface area contributed by atoms with Crippen molar-refractivity contribution in [2.24, 2.45) is 5.92 Å². The second-order valence-electron chi connectivity index (χ2n) is 5.61. The normalized spacial score (nSPS) is 24.8. The fraction of sp³-hybridized carbons (Fsp3) is 0.923. The molecule has 0 aromatic carbocycles. The Morgan fingerprint density at radius 3 is 2.53 bits per heavy atom. The van der Waals surface area contributed by atoms with Gasteiger partial charge in [-0.05, 0) is 58.2 Å². The first-order valence-corrected chi connectivity index (χ1v) is 6.84. The first-order chi connectivity index (χ1) is 8.15. The maximum absolute atomic E-state index is 10.7. The maximum Gasteiger partial charge on any atom is 0.304 e. The molecule has 1 saturated heterocycles. The van der Waals surface area contributed by atoms with Gasteiger partial charge >= 0.3 is 5.97 Å². The van der Waals surface area contributed by atoms with Gasteiger partial charge in [0, 0.05) is 12.1 Å². The quantitative estimate of drug-likeness (QED) is 0.735. The summed E-state index contributed by atoms with van der Waals surface area (Å²) in [6, 6.07) is 0.834. The third-order valence-corrected chi connectivity index (χ3v) is 4.02. The number of carboxylic acids is 1. The van der Waals surface area contributed by atoms with Crippen LogP contribution in [0.25, 0.3) is 0 Å². The van der Waals surface area contributed by atoms with Crippen molar-refractivity contribution in [3.05, 3.63) is 0 Å². The molecule has 1 aliphatic carbocycles. The molecule has 0 bridgehead atoms. The molecule has 1 unspecified atom stereocenters. The molecule has 98 valence electrons. The molecule has 2 rings (SSSR count). The van der Waals surface area contributed by atoms with Gasteiger partial charge in [0.25, 0.3) is 0 Å². The molecule has 1 aliphatic heterocycles. The molecule has 2 N–H and O–H groups in total. The van der Waals surface area contributed by atoms with Gasteiger partial charge in [0.1, 0.15) is 0 Å². The first-order valence-electron chi connectivity index (χ1n) is 6.84. The Morgan fingerprint density at radius 1 is 1.35 bits per heavy atom. The highest BCUT2D eigenvalue weighted by Crippen LogP contribution is 2.28. The van der Waals surface area contributed by atoms with Crippen molar-refractivity contribution in [2.45, 2.75) is 51.1 Å². The average Bonchev–Trinajstić information content (AvgIpc) is 3.10. The summed E-state index contributed by atoms with van der Waals surface area (Å²) in [7, 11) is 0. The molecule has 0 aromatic rings. The number of hydrogen-bond donors (Lipinski definition) is 2. The van der Waals surface area contributed by atoms with Crippen molar-refractivity contribution < 1.29 is 9.90 Å². The molecular weight excluding hydrogens is 216 g/mol. The summed E-state index contributed by atoms with van der Waals surface area (Å²) in [4.78, 5) is 13.0. The summed E-state index contributed by atoms with van der Waals surface area (Å²) in [5.41, 5.74) is 0. The predicted molar refractivity (Wildman–Crippen MR) is 67.0 cm³/mol. The molecule has 1 atom stereocenters. The standard InChI is InChI=1S/C13H24N2O2/c1-10(8-13(16)17)15-6-4-12(5-7-15)14-9-11-2-3-11/h10-12,14H,2-9H2,1H3,(H,16,17). The summed E-state index contributed by atoms with van der Waals surface area (Å²) < 4.78 is 0. The highest BCUT2D eigenvalue weighted by atomic mass is 16.4. The molecule has 4 nitrogen and oxygen atoms in total. The second kappa shape index (κ2) is 5.83. The van der Waals surface area contributed by atoms with Crippen LogP contribution in [-0.2, 0) is 4.79 Å². The van der Waals surface area contributed by atoms with E-state index in [4.69, 9.17) is 5.11 Å². The van der Waals surface area contributed by atoms with Gasteiger partial charge in [-0.2, -0.15) is 0 Å². The number of nitrogens with one attached hydrogen (secondary N) is 1. The molecule has 0 radical (unpaired) electrons. The zero-order chi connectivity index (χ0) is 12.3. The van der Waals surface area contributed by atoms with Gasteiger partial charge in [0.15, 0.2) is 0 Å². The molecule has 1 saturated carbocycles. The van der Waals surface area contributed by atoms with Crippen molar-refractivity contribution in [3.63, 3.8) is 0 Å². The van der Waals surface area contributed by atoms with E-state index in [9.17, 15) is 4.79 Å². The van der Waals surface area contributed by atoms with Crippen LogP contribution in [-0.4, -0.2) is 47.7 Å². The van der Waals surface area contributed by atoms with Crippen LogP contribution in [0.2, 0.25) is 0 Å². The van der Waals surface area contributed by atoms with E-state index < -0.39 is 5.97 Å². The summed E-state index contributed by atoms with van der Waals surface area (Å²) in [5.74, 6) is 0.255. The van der Waals surface area contributed by atoms with Gasteiger partial charge in [0.05, 0.1) is 6.42 Å². The highest BCUT2D eigenvalue weighted by Gasteiger charge is 2.26. The maximum atomic E-state index is 10.7. The zero-order valence-electron chi connectivity index (χ0n) is 10.7. The zero-order valence-corrected chi connectivity index (χ0v) is 10.7. The molecule has 0 amide bonds. The number of nitrogens with zero attached hydrogens (tertiary/aromatic N) is 1. The van der Waals surface area contributed by atoms with Gasteiger partial charge in [-0.1, -0.05) is 0 Å². The molecule has 0 spiro atoms. The van der Waals surface area contributed by atoms with Gasteiger partial charge in [-0.3, -0.25) is 9.69 Å². The molecule has 4 heteroatoms. The van der Waals surface area contributed by atoms with Crippen LogP contribution in [0.3, 0.4) is 0 Å². The van der Waals surface area contributed by atoms with Crippen LogP contribution in [0, 0.1) is 5.92 Å². The Labute approximate surface area is 103 Å². The smallest absolute Gasteiger partial charge is 0.304 e. The van der Waals surface area contributed by atoms with Crippen molar-refractivity contribution >= 4 is 5.97 Å². The Kier molecular flexibility index (Phi) is 4.40. The van der Waals surface area contributed by atoms with Gasteiger partial charge in [-0.15, -0.1) is 0 Å². The lowest BCUT2D eigenvalue weighted by atomic mass is 10.0. The van der Waals surface area contributed by atoms with E-state index >= 15 is 0 Å². The Morgan fingerprint density at radius 2 is 2.00 bits per heavy atom. The van der Waals surface area contributed by atoms with Crippen molar-refractivity contribution in [1.82, 2.24) is 10.2 Å². The third-order valence-electron chi connectivity index (χ3n) is 4.02. The van der Waals surface area contributed by atoms with Crippen molar-refractivity contribution in [1.29, 1.82) is 0 Å². The van der Waals surface area contributed by atoms with E-state index in [2.05, 4.69) is 10.2 Å². The number of aliphatic carboxylic acids is 1. The number of rotatable bonds is 6. The molecule has 17 heavy (non-hydrogen) atoms. The Balaban J connectivity index is 1.63. The van der Waals surface area contributed by atoms with Gasteiger partial charge < -0.3 is 10.4 Å². The summed E-state index contributed by atoms with van der Waals surface area (Å²) >= 11 is 0. The SMILES string of the molecule is CC(CC(=O)O)N1CCC(NCC2CC2)CC1. The van der Waals surface area contributed by atoms with Crippen LogP contribution in [0.5, 0.6) is 0 Å². The topological polar surface area (TPSA) is 52.6 Å². The van der Waals surface area contributed by atoms with Crippen LogP contribution < -0.4 is 5.32 Å². The molecular formula is C13H24N2O2. The monoisotopic (exact) mass is 240 g/mol. The number of carbonyl (C=O) groups is 1. The minimum absolute atomic E-state index is 0.178. The van der Waals surface area contributed by atoms with Gasteiger partial charge in [-0.25, -0.2) is 0 Å². The minimum atomic E-state index is -0.688. The van der Waals surface area contributed by atoms with Crippen LogP contribution in [0.15, 0.2) is 0 Å². The van der Waals surface area contributed by atoms with E-state index in [0.29, 0.717) is 6.04 Å². The van der Waals surface area contributed by atoms with E-state index in [1.54, 1.807) is 0 Å². The van der Waals surface area contributed by atoms with Crippen molar-refractivity contribution in [2.75, 3.05) is 19.6 Å². The van der Waals surface area contributed by atoms with Crippen molar-refractivity contribution in [3.8, 4) is 0 Å². The van der Waals surface area contributed by atoms with Crippen LogP contribution in [0.1, 0.15) is 39.0 Å². The number of carboxylic acid groups (broad SMARTS) is 1. The lowest BCUT2D eigenvalue weighted by Gasteiger charge is -2.35. The minimum Gasteiger partial charge on any atom is -0.481 e. The summed E-state index contributed by atoms with van der Waals surface area (Å²) in [6.45, 7) is 5.29. The lowest BCUT2D eigenvalue weighted by molar-refractivity contribution is -0.138. The van der Waals surface area contributed by atoms with Crippen LogP contribution in [0.4, 0.5) is 0 Å². The van der Waals surface area contributed by atoms with E-state index in [0.717, 1.165) is 31.8 Å². The number of piperidine rings is 1. The Bertz CT molecular complexity index is 258. The summed E-state index contributed by atoms with van der Waals surface area (Å²) in [5, 5.41) is 12.4. The highest BCUT2D eigenvalue weighted by molar-refractivity contribution is 5.67. The number of likely N-dealkylation sites (tertiary alicyclic amines) is 1. The lowest BCUT2D eigenvalue weighted by Crippen LogP contribution is -2.46. The molecule has 2 aliphatic rings. The molecule has 1 heterocycles. The Hall–Kier alpha value is -0.610. The fourth-order valence-electron chi connectivity index (χ4n) is 2.58. The van der Waals surface area contributed by atoms with E-state index in [-0.39, 0.29) is 12.5 Å². The predicted octanol–water partition coefficient (Wildman–Crippen LogP) is 1.31. The third kappa shape index (κ3) is 4.28. The fourth-order valence-corrected chi connectivity index (χ4v) is 2.58. The van der Waals surface area contributed by atoms with E-state index in [1.807, 2.05) is 6.92 Å². The second-order valence-corrected chi connectivity index (χ2v) is 5.61. The van der Waals surface area contributed by atoms with E-state index in [1.165, 1.54) is 19.4 Å². The van der Waals surface area contributed by atoms with Crippen LogP contribution >= 0.6 is 0 Å². The molecule has 2 fully saturated rings. The molecule has 0 aromatic heterocycles. The largest absolute Gasteiger partial charge is 0.481 e. The van der Waals surface area contributed by atoms with Gasteiger partial charge in [0.2, 0.25) is 0 Å². The summed E-state index contributed by atoms with van der Waals surface area (Å²) in [6.07, 6.45) is 5.40. The first kappa shape index (κ1) is 12.8. The average molecular weight is 240 g/mol.